The average Bonchev–Trinajstić information content (AvgIpc) is 3.12. The molecule has 0 spiro atoms. The minimum atomic E-state index is -4.46. The molecule has 1 aromatic carbocycles. The summed E-state index contributed by atoms with van der Waals surface area (Å²) in [7, 11) is 0. The molecule has 0 saturated carbocycles. The quantitative estimate of drug-likeness (QED) is 0.702. The number of hydrogen-bond acceptors (Lipinski definition) is 5. The molecular formula is C18H15F3N4O2. The van der Waals surface area contributed by atoms with Gasteiger partial charge in [0.1, 0.15) is 11.5 Å². The highest BCUT2D eigenvalue weighted by molar-refractivity contribution is 5.92. The van der Waals surface area contributed by atoms with Crippen molar-refractivity contribution in [3.8, 4) is 0 Å². The van der Waals surface area contributed by atoms with E-state index in [0.717, 1.165) is 12.1 Å². The molecule has 0 atom stereocenters. The second kappa shape index (κ2) is 7.48. The molecule has 0 aliphatic rings. The molecule has 2 heterocycles. The van der Waals surface area contributed by atoms with Crippen LogP contribution >= 0.6 is 0 Å². The first-order chi connectivity index (χ1) is 12.8. The van der Waals surface area contributed by atoms with E-state index in [4.69, 9.17) is 4.42 Å². The van der Waals surface area contributed by atoms with E-state index in [2.05, 4.69) is 20.6 Å². The molecule has 3 aromatic rings. The minimum absolute atomic E-state index is 0.0254. The van der Waals surface area contributed by atoms with Gasteiger partial charge in [0.2, 0.25) is 5.95 Å². The number of halogens is 3. The average molecular weight is 376 g/mol. The van der Waals surface area contributed by atoms with Crippen molar-refractivity contribution in [2.45, 2.75) is 19.6 Å². The van der Waals surface area contributed by atoms with Crippen molar-refractivity contribution in [2.24, 2.45) is 0 Å². The zero-order chi connectivity index (χ0) is 19.4. The van der Waals surface area contributed by atoms with Gasteiger partial charge in [-0.05, 0) is 43.3 Å². The van der Waals surface area contributed by atoms with Crippen LogP contribution in [0.25, 0.3) is 0 Å². The topological polar surface area (TPSA) is 80.0 Å². The fourth-order valence-corrected chi connectivity index (χ4v) is 2.31. The van der Waals surface area contributed by atoms with Crippen LogP contribution in [0, 0.1) is 6.92 Å². The third-order valence-corrected chi connectivity index (χ3v) is 3.54. The lowest BCUT2D eigenvalue weighted by Crippen LogP contribution is -2.24. The van der Waals surface area contributed by atoms with Crippen molar-refractivity contribution in [1.82, 2.24) is 15.3 Å². The molecule has 1 amide bonds. The van der Waals surface area contributed by atoms with Gasteiger partial charge in [0.05, 0.1) is 18.4 Å². The lowest BCUT2D eigenvalue weighted by molar-refractivity contribution is -0.137. The van der Waals surface area contributed by atoms with Gasteiger partial charge >= 0.3 is 6.18 Å². The molecule has 0 saturated heterocycles. The molecule has 0 bridgehead atoms. The molecule has 140 valence electrons. The summed E-state index contributed by atoms with van der Waals surface area (Å²) in [5, 5.41) is 5.35. The number of anilines is 2. The van der Waals surface area contributed by atoms with Crippen LogP contribution in [0.3, 0.4) is 0 Å². The summed E-state index contributed by atoms with van der Waals surface area (Å²) in [6.45, 7) is 1.84. The highest BCUT2D eigenvalue weighted by Gasteiger charge is 2.30. The van der Waals surface area contributed by atoms with Crippen molar-refractivity contribution in [3.05, 3.63) is 71.4 Å². The number of rotatable bonds is 5. The van der Waals surface area contributed by atoms with E-state index >= 15 is 0 Å². The summed E-state index contributed by atoms with van der Waals surface area (Å²) in [6.07, 6.45) is -2.96. The normalized spacial score (nSPS) is 11.3. The van der Waals surface area contributed by atoms with Crippen molar-refractivity contribution >= 4 is 17.5 Å². The first-order valence-electron chi connectivity index (χ1n) is 7.92. The molecule has 0 fully saturated rings. The number of nitrogens with one attached hydrogen (secondary N) is 2. The maximum absolute atomic E-state index is 12.8. The van der Waals surface area contributed by atoms with E-state index in [1.165, 1.54) is 24.5 Å². The van der Waals surface area contributed by atoms with Gasteiger partial charge in [-0.25, -0.2) is 9.97 Å². The van der Waals surface area contributed by atoms with Gasteiger partial charge < -0.3 is 15.1 Å². The smallest absolute Gasteiger partial charge is 0.416 e. The van der Waals surface area contributed by atoms with Crippen LogP contribution in [0.4, 0.5) is 24.8 Å². The molecule has 9 heteroatoms. The zero-order valence-electron chi connectivity index (χ0n) is 14.2. The largest absolute Gasteiger partial charge is 0.467 e. The highest BCUT2D eigenvalue weighted by atomic mass is 19.4. The Balaban J connectivity index is 1.76. The third kappa shape index (κ3) is 4.84. The Kier molecular flexibility index (Phi) is 5.11. The Hall–Kier alpha value is -3.36. The van der Waals surface area contributed by atoms with Gasteiger partial charge in [-0.1, -0.05) is 6.07 Å². The van der Waals surface area contributed by atoms with E-state index in [1.54, 1.807) is 19.1 Å². The Morgan fingerprint density at radius 2 is 1.96 bits per heavy atom. The molecule has 27 heavy (non-hydrogen) atoms. The fraction of sp³-hybridized carbons (Fsp3) is 0.167. The standard InChI is InChI=1S/C18H15F3N4O2/c1-11-8-15(16(26)22-10-14-6-3-7-27-14)25-17(23-11)24-13-5-2-4-12(9-13)18(19,20)21/h2-9H,10H2,1H3,(H,22,26)(H,23,24,25). The Bertz CT molecular complexity index is 940. The summed E-state index contributed by atoms with van der Waals surface area (Å²) < 4.78 is 43.6. The van der Waals surface area contributed by atoms with Gasteiger partial charge in [0, 0.05) is 11.4 Å². The predicted molar refractivity (Wildman–Crippen MR) is 91.4 cm³/mol. The van der Waals surface area contributed by atoms with Crippen molar-refractivity contribution in [1.29, 1.82) is 0 Å². The van der Waals surface area contributed by atoms with E-state index in [1.807, 2.05) is 0 Å². The number of alkyl halides is 3. The second-order valence-electron chi connectivity index (χ2n) is 5.68. The van der Waals surface area contributed by atoms with Crippen LogP contribution in [-0.2, 0) is 12.7 Å². The van der Waals surface area contributed by atoms with Gasteiger partial charge in [0.25, 0.3) is 5.91 Å². The van der Waals surface area contributed by atoms with Crippen molar-refractivity contribution < 1.29 is 22.4 Å². The van der Waals surface area contributed by atoms with E-state index in [-0.39, 0.29) is 23.9 Å². The highest BCUT2D eigenvalue weighted by Crippen LogP contribution is 2.31. The van der Waals surface area contributed by atoms with Crippen molar-refractivity contribution in [2.75, 3.05) is 5.32 Å². The summed E-state index contributed by atoms with van der Waals surface area (Å²) in [4.78, 5) is 20.4. The van der Waals surface area contributed by atoms with E-state index in [9.17, 15) is 18.0 Å². The molecule has 6 nitrogen and oxygen atoms in total. The number of benzene rings is 1. The molecule has 0 aliphatic carbocycles. The maximum atomic E-state index is 12.8. The number of aryl methyl sites for hydroxylation is 1. The molecular weight excluding hydrogens is 361 g/mol. The van der Waals surface area contributed by atoms with E-state index < -0.39 is 17.6 Å². The minimum Gasteiger partial charge on any atom is -0.467 e. The summed E-state index contributed by atoms with van der Waals surface area (Å²) in [6, 6.07) is 9.54. The van der Waals surface area contributed by atoms with Crippen molar-refractivity contribution in [3.63, 3.8) is 0 Å². The number of hydrogen-bond donors (Lipinski definition) is 2. The number of amides is 1. The predicted octanol–water partition coefficient (Wildman–Crippen LogP) is 4.07. The SMILES string of the molecule is Cc1cc(C(=O)NCc2ccco2)nc(Nc2cccc(C(F)(F)F)c2)n1. The number of furan rings is 1. The Morgan fingerprint density at radius 1 is 1.15 bits per heavy atom. The fourth-order valence-electron chi connectivity index (χ4n) is 2.31. The summed E-state index contributed by atoms with van der Waals surface area (Å²) >= 11 is 0. The van der Waals surface area contributed by atoms with Crippen LogP contribution in [0.5, 0.6) is 0 Å². The van der Waals surface area contributed by atoms with Gasteiger partial charge in [0.15, 0.2) is 0 Å². The summed E-state index contributed by atoms with van der Waals surface area (Å²) in [5.41, 5.74) is -0.0555. The molecule has 2 N–H and O–H groups in total. The second-order valence-corrected chi connectivity index (χ2v) is 5.68. The number of aromatic nitrogens is 2. The molecule has 0 aliphatic heterocycles. The Morgan fingerprint density at radius 3 is 2.67 bits per heavy atom. The summed E-state index contributed by atoms with van der Waals surface area (Å²) in [5.74, 6) is 0.151. The Labute approximate surface area is 152 Å². The third-order valence-electron chi connectivity index (χ3n) is 3.54. The monoisotopic (exact) mass is 376 g/mol. The van der Waals surface area contributed by atoms with Gasteiger partial charge in [-0.3, -0.25) is 4.79 Å². The molecule has 3 rings (SSSR count). The van der Waals surface area contributed by atoms with Gasteiger partial charge in [-0.2, -0.15) is 13.2 Å². The molecule has 0 unspecified atom stereocenters. The lowest BCUT2D eigenvalue weighted by atomic mass is 10.2. The number of carbonyl (C=O) groups is 1. The van der Waals surface area contributed by atoms with Gasteiger partial charge in [-0.15, -0.1) is 0 Å². The first-order valence-corrected chi connectivity index (χ1v) is 7.92. The number of carbonyl (C=O) groups excluding carboxylic acids is 1. The zero-order valence-corrected chi connectivity index (χ0v) is 14.2. The molecule has 2 aromatic heterocycles. The number of nitrogens with zero attached hydrogens (tertiary/aromatic N) is 2. The van der Waals surface area contributed by atoms with Crippen LogP contribution in [0.2, 0.25) is 0 Å². The van der Waals surface area contributed by atoms with Crippen LogP contribution < -0.4 is 10.6 Å². The van der Waals surface area contributed by atoms with E-state index in [0.29, 0.717) is 11.5 Å². The lowest BCUT2D eigenvalue weighted by Gasteiger charge is -2.11. The molecule has 0 radical (unpaired) electrons. The van der Waals surface area contributed by atoms with Crippen LogP contribution in [0.15, 0.2) is 53.1 Å². The maximum Gasteiger partial charge on any atom is 0.416 e. The first kappa shape index (κ1) is 18.4. The van der Waals surface area contributed by atoms with Crippen LogP contribution in [0.1, 0.15) is 27.5 Å². The van der Waals surface area contributed by atoms with Crippen LogP contribution in [-0.4, -0.2) is 15.9 Å².